The van der Waals surface area contributed by atoms with Crippen LogP contribution in [0, 0.1) is 0 Å². The summed E-state index contributed by atoms with van der Waals surface area (Å²) in [6.45, 7) is 0. The van der Waals surface area contributed by atoms with Gasteiger partial charge in [-0.25, -0.2) is 15.0 Å². The van der Waals surface area contributed by atoms with Gasteiger partial charge in [-0.2, -0.15) is 0 Å². The number of aromatic nitrogens is 6. The summed E-state index contributed by atoms with van der Waals surface area (Å²) in [4.78, 5) is 21.8. The SMILES string of the molecule is [2H]c1cc2c3cc([2H])c(Oc4cccc(-c5ccccn5)c4)cc3n(-c3ncncn3)c2cc1Oc1cccc(-c2ccccn2)c1. The minimum absolute atomic E-state index is 0.189. The lowest BCUT2D eigenvalue weighted by molar-refractivity contribution is 0.483. The third-order valence-electron chi connectivity index (χ3n) is 7.30. The molecule has 4 heterocycles. The lowest BCUT2D eigenvalue weighted by Gasteiger charge is -2.10. The number of pyridine rings is 2. The van der Waals surface area contributed by atoms with Crippen molar-refractivity contribution in [1.29, 1.82) is 0 Å². The van der Waals surface area contributed by atoms with Gasteiger partial charge in [0.25, 0.3) is 0 Å². The van der Waals surface area contributed by atoms with Gasteiger partial charge in [0.1, 0.15) is 35.7 Å². The van der Waals surface area contributed by atoms with E-state index in [9.17, 15) is 0 Å². The van der Waals surface area contributed by atoms with E-state index in [1.165, 1.54) is 12.7 Å². The van der Waals surface area contributed by atoms with Crippen LogP contribution in [-0.4, -0.2) is 29.5 Å². The number of hydrogen-bond donors (Lipinski definition) is 0. The maximum atomic E-state index is 8.88. The van der Waals surface area contributed by atoms with E-state index in [4.69, 9.17) is 12.2 Å². The van der Waals surface area contributed by atoms with Gasteiger partial charge in [-0.05, 0) is 72.7 Å². The molecule has 4 aromatic carbocycles. The molecule has 0 amide bonds. The molecular formula is C37H24N6O2. The Morgan fingerprint density at radius 3 is 1.53 bits per heavy atom. The molecular weight excluding hydrogens is 560 g/mol. The molecule has 8 rings (SSSR count). The second-order valence-electron chi connectivity index (χ2n) is 10.2. The molecule has 0 atom stereocenters. The minimum Gasteiger partial charge on any atom is -0.457 e. The van der Waals surface area contributed by atoms with Crippen LogP contribution in [0.5, 0.6) is 23.0 Å². The highest BCUT2D eigenvalue weighted by atomic mass is 16.5. The summed E-state index contributed by atoms with van der Waals surface area (Å²) in [5, 5.41) is 1.49. The zero-order valence-electron chi connectivity index (χ0n) is 25.7. The van der Waals surface area contributed by atoms with Gasteiger partial charge in [-0.15, -0.1) is 0 Å². The predicted molar refractivity (Wildman–Crippen MR) is 174 cm³/mol. The Balaban J connectivity index is 1.23. The first kappa shape index (κ1) is 24.1. The van der Waals surface area contributed by atoms with Gasteiger partial charge < -0.3 is 9.47 Å². The van der Waals surface area contributed by atoms with Gasteiger partial charge in [-0.3, -0.25) is 14.5 Å². The Morgan fingerprint density at radius 2 is 1.04 bits per heavy atom. The van der Waals surface area contributed by atoms with Crippen molar-refractivity contribution in [2.75, 3.05) is 0 Å². The van der Waals surface area contributed by atoms with Crippen molar-refractivity contribution in [3.8, 4) is 51.5 Å². The number of benzene rings is 4. The van der Waals surface area contributed by atoms with E-state index in [1.807, 2.05) is 89.5 Å². The Bertz CT molecular complexity index is 2240. The lowest BCUT2D eigenvalue weighted by Crippen LogP contribution is -2.01. The fourth-order valence-corrected chi connectivity index (χ4v) is 5.29. The van der Waals surface area contributed by atoms with Gasteiger partial charge in [0.15, 0.2) is 0 Å². The van der Waals surface area contributed by atoms with Gasteiger partial charge in [0, 0.05) is 46.4 Å². The summed E-state index contributed by atoms with van der Waals surface area (Å²) in [6, 6.07) is 34.1. The molecule has 0 bridgehead atoms. The molecule has 0 radical (unpaired) electrons. The summed E-state index contributed by atoms with van der Waals surface area (Å²) in [5.41, 5.74) is 4.84. The molecule has 45 heavy (non-hydrogen) atoms. The van der Waals surface area contributed by atoms with Crippen molar-refractivity contribution < 1.29 is 12.2 Å². The Labute approximate surface area is 261 Å². The van der Waals surface area contributed by atoms with Crippen molar-refractivity contribution in [2.45, 2.75) is 0 Å². The quantitative estimate of drug-likeness (QED) is 0.185. The van der Waals surface area contributed by atoms with Gasteiger partial charge >= 0.3 is 0 Å². The fourth-order valence-electron chi connectivity index (χ4n) is 5.29. The Hall–Kier alpha value is -6.41. The largest absolute Gasteiger partial charge is 0.457 e. The van der Waals surface area contributed by atoms with Crippen molar-refractivity contribution in [1.82, 2.24) is 29.5 Å². The molecule has 0 N–H and O–H groups in total. The Kier molecular flexibility index (Phi) is 6.07. The molecule has 0 aliphatic rings. The zero-order chi connectivity index (χ0) is 31.7. The molecule has 8 heteroatoms. The number of ether oxygens (including phenoxy) is 2. The number of rotatable bonds is 7. The van der Waals surface area contributed by atoms with Crippen LogP contribution < -0.4 is 9.47 Å². The maximum Gasteiger partial charge on any atom is 0.237 e. The van der Waals surface area contributed by atoms with E-state index in [0.717, 1.165) is 33.3 Å². The van der Waals surface area contributed by atoms with Crippen LogP contribution in [-0.2, 0) is 0 Å². The fraction of sp³-hybridized carbons (Fsp3) is 0. The smallest absolute Gasteiger partial charge is 0.237 e. The third-order valence-corrected chi connectivity index (χ3v) is 7.30. The van der Waals surface area contributed by atoms with Crippen LogP contribution in [0.15, 0.2) is 146 Å². The molecule has 0 unspecified atom stereocenters. The standard InChI is InChI=1S/C37H24N6O2/c1-3-17-39-33(11-1)25-7-5-9-27(19-25)44-29-13-15-31-32-16-14-30(22-36(32)43(35(31)21-29)37-41-23-38-24-42-37)45-28-10-6-8-26(20-28)34-12-2-4-18-40-34/h1-24H/i13D,14D. The van der Waals surface area contributed by atoms with Crippen molar-refractivity contribution >= 4 is 21.8 Å². The topological polar surface area (TPSA) is 87.8 Å². The first-order chi connectivity index (χ1) is 23.1. The van der Waals surface area contributed by atoms with Crippen molar-refractivity contribution in [2.24, 2.45) is 0 Å². The summed E-state index contributed by atoms with van der Waals surface area (Å²) in [6.07, 6.45) is 6.35. The van der Waals surface area contributed by atoms with E-state index in [0.29, 0.717) is 40.0 Å². The first-order valence-corrected chi connectivity index (χ1v) is 14.2. The minimum atomic E-state index is 0.189. The molecule has 4 aromatic heterocycles. The highest BCUT2D eigenvalue weighted by Crippen LogP contribution is 2.37. The van der Waals surface area contributed by atoms with Crippen LogP contribution in [0.3, 0.4) is 0 Å². The monoisotopic (exact) mass is 586 g/mol. The van der Waals surface area contributed by atoms with Gasteiger partial charge in [-0.1, -0.05) is 36.4 Å². The highest BCUT2D eigenvalue weighted by Gasteiger charge is 2.17. The van der Waals surface area contributed by atoms with Gasteiger partial charge in [0.05, 0.1) is 25.2 Å². The normalized spacial score (nSPS) is 11.7. The number of nitrogens with zero attached hydrogens (tertiary/aromatic N) is 6. The second kappa shape index (κ2) is 11.3. The molecule has 0 aliphatic heterocycles. The van der Waals surface area contributed by atoms with E-state index in [-0.39, 0.29) is 12.1 Å². The van der Waals surface area contributed by atoms with E-state index in [1.54, 1.807) is 36.7 Å². The molecule has 0 spiro atoms. The first-order valence-electron chi connectivity index (χ1n) is 15.2. The number of hydrogen-bond acceptors (Lipinski definition) is 7. The van der Waals surface area contributed by atoms with E-state index >= 15 is 0 Å². The zero-order valence-corrected chi connectivity index (χ0v) is 23.7. The molecule has 214 valence electrons. The van der Waals surface area contributed by atoms with Crippen molar-refractivity contribution in [3.63, 3.8) is 0 Å². The average molecular weight is 587 g/mol. The van der Waals surface area contributed by atoms with Crippen LogP contribution in [0.25, 0.3) is 50.3 Å². The van der Waals surface area contributed by atoms with E-state index < -0.39 is 0 Å². The Morgan fingerprint density at radius 1 is 0.511 bits per heavy atom. The second-order valence-corrected chi connectivity index (χ2v) is 10.2. The molecule has 0 saturated carbocycles. The van der Waals surface area contributed by atoms with Crippen LogP contribution in [0.2, 0.25) is 0 Å². The predicted octanol–water partition coefficient (Wildman–Crippen LogP) is 8.68. The third kappa shape index (κ3) is 5.21. The summed E-state index contributed by atoms with van der Waals surface area (Å²) < 4.78 is 32.2. The van der Waals surface area contributed by atoms with Crippen LogP contribution in [0.4, 0.5) is 0 Å². The molecule has 0 aliphatic carbocycles. The maximum absolute atomic E-state index is 8.88. The summed E-state index contributed by atoms with van der Waals surface area (Å²) in [7, 11) is 0. The van der Waals surface area contributed by atoms with Gasteiger partial charge in [0.2, 0.25) is 5.95 Å². The molecule has 0 fully saturated rings. The van der Waals surface area contributed by atoms with Crippen LogP contribution in [0.1, 0.15) is 2.74 Å². The summed E-state index contributed by atoms with van der Waals surface area (Å²) in [5.74, 6) is 2.22. The highest BCUT2D eigenvalue weighted by molar-refractivity contribution is 6.09. The van der Waals surface area contributed by atoms with Crippen molar-refractivity contribution in [3.05, 3.63) is 146 Å². The lowest BCUT2D eigenvalue weighted by atomic mass is 10.1. The van der Waals surface area contributed by atoms with E-state index in [2.05, 4.69) is 24.9 Å². The number of fused-ring (bicyclic) bond motifs is 3. The molecule has 8 aromatic rings. The molecule has 8 nitrogen and oxygen atoms in total. The van der Waals surface area contributed by atoms with Crippen LogP contribution >= 0.6 is 0 Å². The molecule has 0 saturated heterocycles. The summed E-state index contributed by atoms with van der Waals surface area (Å²) >= 11 is 0. The average Bonchev–Trinajstić information content (AvgIpc) is 3.41.